The molecule has 1 saturated heterocycles. The Kier molecular flexibility index (Phi) is 6.08. The lowest BCUT2D eigenvalue weighted by atomic mass is 10.1. The number of likely N-dealkylation sites (tertiary alicyclic amines) is 1. The van der Waals surface area contributed by atoms with Crippen molar-refractivity contribution in [1.29, 1.82) is 0 Å². The van der Waals surface area contributed by atoms with Crippen LogP contribution in [0.3, 0.4) is 0 Å². The molecule has 6 nitrogen and oxygen atoms in total. The summed E-state index contributed by atoms with van der Waals surface area (Å²) in [6.45, 7) is 4.18. The maximum absolute atomic E-state index is 12.4. The summed E-state index contributed by atoms with van der Waals surface area (Å²) in [5.74, 6) is -0.992. The van der Waals surface area contributed by atoms with Crippen molar-refractivity contribution in [3.63, 3.8) is 0 Å². The fraction of sp³-hybridized carbons (Fsp3) is 0.846. The number of amides is 2. The highest BCUT2D eigenvalue weighted by Gasteiger charge is 2.32. The molecule has 6 heteroatoms. The number of carbonyl (C=O) groups is 2. The molecule has 1 fully saturated rings. The van der Waals surface area contributed by atoms with E-state index < -0.39 is 5.97 Å². The second-order valence-electron chi connectivity index (χ2n) is 5.25. The van der Waals surface area contributed by atoms with Crippen molar-refractivity contribution in [2.75, 3.05) is 19.7 Å². The van der Waals surface area contributed by atoms with Crippen LogP contribution in [0, 0.1) is 0 Å². The maximum atomic E-state index is 12.4. The molecule has 0 radical (unpaired) electrons. The zero-order valence-electron chi connectivity index (χ0n) is 11.7. The molecule has 110 valence electrons. The lowest BCUT2D eigenvalue weighted by molar-refractivity contribution is -0.138. The van der Waals surface area contributed by atoms with Gasteiger partial charge < -0.3 is 20.0 Å². The molecule has 1 rings (SSSR count). The van der Waals surface area contributed by atoms with Crippen LogP contribution in [0.15, 0.2) is 0 Å². The van der Waals surface area contributed by atoms with E-state index in [1.807, 2.05) is 13.8 Å². The fourth-order valence-electron chi connectivity index (χ4n) is 2.50. The summed E-state index contributed by atoms with van der Waals surface area (Å²) in [4.78, 5) is 26.4. The molecule has 2 N–H and O–H groups in total. The maximum Gasteiger partial charge on any atom is 0.323 e. The van der Waals surface area contributed by atoms with E-state index in [1.54, 1.807) is 4.90 Å². The number of carbonyl (C=O) groups excluding carboxylic acids is 1. The average molecular weight is 272 g/mol. The highest BCUT2D eigenvalue weighted by molar-refractivity contribution is 5.80. The first-order chi connectivity index (χ1) is 8.97. The summed E-state index contributed by atoms with van der Waals surface area (Å²) in [7, 11) is 0. The molecule has 0 aromatic heterocycles. The SMILES string of the molecule is CC(C)N(CC(=O)O)C(=O)N1CCCC1CCCO. The first-order valence-corrected chi connectivity index (χ1v) is 6.87. The normalized spacial score (nSPS) is 18.9. The Morgan fingerprint density at radius 2 is 2.11 bits per heavy atom. The Morgan fingerprint density at radius 1 is 1.42 bits per heavy atom. The molecule has 1 heterocycles. The van der Waals surface area contributed by atoms with Crippen LogP contribution >= 0.6 is 0 Å². The molecular weight excluding hydrogens is 248 g/mol. The monoisotopic (exact) mass is 272 g/mol. The lowest BCUT2D eigenvalue weighted by Gasteiger charge is -2.33. The number of rotatable bonds is 6. The Balaban J connectivity index is 2.69. The van der Waals surface area contributed by atoms with E-state index in [0.29, 0.717) is 13.0 Å². The van der Waals surface area contributed by atoms with Crippen molar-refractivity contribution in [2.45, 2.75) is 51.6 Å². The van der Waals surface area contributed by atoms with Crippen LogP contribution < -0.4 is 0 Å². The van der Waals surface area contributed by atoms with Crippen LogP contribution in [0.25, 0.3) is 0 Å². The van der Waals surface area contributed by atoms with Gasteiger partial charge in [0.2, 0.25) is 0 Å². The molecule has 1 aliphatic rings. The van der Waals surface area contributed by atoms with Crippen LogP contribution in [-0.2, 0) is 4.79 Å². The minimum absolute atomic E-state index is 0.127. The van der Waals surface area contributed by atoms with E-state index in [1.165, 1.54) is 4.90 Å². The number of aliphatic hydroxyl groups excluding tert-OH is 1. The van der Waals surface area contributed by atoms with Crippen molar-refractivity contribution < 1.29 is 19.8 Å². The van der Waals surface area contributed by atoms with Crippen molar-refractivity contribution in [3.05, 3.63) is 0 Å². The molecule has 0 bridgehead atoms. The molecule has 19 heavy (non-hydrogen) atoms. The zero-order valence-corrected chi connectivity index (χ0v) is 11.7. The zero-order chi connectivity index (χ0) is 14.4. The molecular formula is C13H24N2O4. The van der Waals surface area contributed by atoms with Gasteiger partial charge in [-0.25, -0.2) is 4.79 Å². The number of hydrogen-bond acceptors (Lipinski definition) is 3. The fourth-order valence-corrected chi connectivity index (χ4v) is 2.50. The van der Waals surface area contributed by atoms with E-state index in [-0.39, 0.29) is 31.3 Å². The van der Waals surface area contributed by atoms with Crippen LogP contribution in [0.5, 0.6) is 0 Å². The molecule has 0 spiro atoms. The Labute approximate surface area is 114 Å². The number of carboxylic acid groups (broad SMARTS) is 1. The first kappa shape index (κ1) is 15.8. The molecule has 2 amide bonds. The van der Waals surface area contributed by atoms with Crippen LogP contribution in [0.2, 0.25) is 0 Å². The molecule has 0 aliphatic carbocycles. The predicted molar refractivity (Wildman–Crippen MR) is 70.9 cm³/mol. The topological polar surface area (TPSA) is 81.1 Å². The average Bonchev–Trinajstić information content (AvgIpc) is 2.80. The van der Waals surface area contributed by atoms with E-state index in [9.17, 15) is 9.59 Å². The lowest BCUT2D eigenvalue weighted by Crippen LogP contribution is -2.50. The van der Waals surface area contributed by atoms with Crippen LogP contribution in [0.4, 0.5) is 4.79 Å². The number of aliphatic hydroxyl groups is 1. The molecule has 1 aliphatic heterocycles. The second-order valence-corrected chi connectivity index (χ2v) is 5.25. The summed E-state index contributed by atoms with van der Waals surface area (Å²) in [5, 5.41) is 17.8. The Hall–Kier alpha value is -1.30. The minimum atomic E-state index is -0.992. The van der Waals surface area contributed by atoms with Gasteiger partial charge in [0.25, 0.3) is 0 Å². The third-order valence-electron chi connectivity index (χ3n) is 3.49. The molecule has 1 atom stereocenters. The Morgan fingerprint density at radius 3 is 2.63 bits per heavy atom. The standard InChI is InChI=1S/C13H24N2O4/c1-10(2)15(9-12(17)18)13(19)14-7-3-5-11(14)6-4-8-16/h10-11,16H,3-9H2,1-2H3,(H,17,18). The smallest absolute Gasteiger partial charge is 0.323 e. The second kappa shape index (κ2) is 7.33. The number of aliphatic carboxylic acids is 1. The van der Waals surface area contributed by atoms with Gasteiger partial charge in [-0.3, -0.25) is 4.79 Å². The Bertz CT molecular complexity index is 320. The number of urea groups is 1. The van der Waals surface area contributed by atoms with Crippen LogP contribution in [0.1, 0.15) is 39.5 Å². The van der Waals surface area contributed by atoms with E-state index in [4.69, 9.17) is 10.2 Å². The van der Waals surface area contributed by atoms with Gasteiger partial charge in [-0.15, -0.1) is 0 Å². The third-order valence-corrected chi connectivity index (χ3v) is 3.49. The number of carboxylic acids is 1. The van der Waals surface area contributed by atoms with Gasteiger partial charge in [0.15, 0.2) is 0 Å². The van der Waals surface area contributed by atoms with Crippen molar-refractivity contribution >= 4 is 12.0 Å². The van der Waals surface area contributed by atoms with E-state index in [2.05, 4.69) is 0 Å². The van der Waals surface area contributed by atoms with Crippen LogP contribution in [-0.4, -0.2) is 63.8 Å². The van der Waals surface area contributed by atoms with Gasteiger partial charge in [0.1, 0.15) is 6.54 Å². The summed E-state index contributed by atoms with van der Waals surface area (Å²) < 4.78 is 0. The molecule has 0 aromatic carbocycles. The van der Waals surface area contributed by atoms with Crippen molar-refractivity contribution in [1.82, 2.24) is 9.80 Å². The minimum Gasteiger partial charge on any atom is -0.480 e. The van der Waals surface area contributed by atoms with Crippen molar-refractivity contribution in [2.24, 2.45) is 0 Å². The summed E-state index contributed by atoms with van der Waals surface area (Å²) in [5.41, 5.74) is 0. The largest absolute Gasteiger partial charge is 0.480 e. The summed E-state index contributed by atoms with van der Waals surface area (Å²) in [6, 6.07) is -0.199. The van der Waals surface area contributed by atoms with Gasteiger partial charge in [-0.05, 0) is 39.5 Å². The summed E-state index contributed by atoms with van der Waals surface area (Å²) in [6.07, 6.45) is 3.34. The van der Waals surface area contributed by atoms with Gasteiger partial charge in [0, 0.05) is 25.2 Å². The van der Waals surface area contributed by atoms with Gasteiger partial charge in [-0.2, -0.15) is 0 Å². The van der Waals surface area contributed by atoms with Gasteiger partial charge >= 0.3 is 12.0 Å². The van der Waals surface area contributed by atoms with E-state index >= 15 is 0 Å². The molecule has 0 aromatic rings. The summed E-state index contributed by atoms with van der Waals surface area (Å²) >= 11 is 0. The predicted octanol–water partition coefficient (Wildman–Crippen LogP) is 1.14. The highest BCUT2D eigenvalue weighted by Crippen LogP contribution is 2.23. The van der Waals surface area contributed by atoms with E-state index in [0.717, 1.165) is 19.3 Å². The molecule has 0 saturated carbocycles. The third kappa shape index (κ3) is 4.38. The quantitative estimate of drug-likeness (QED) is 0.759. The van der Waals surface area contributed by atoms with Gasteiger partial charge in [-0.1, -0.05) is 0 Å². The highest BCUT2D eigenvalue weighted by atomic mass is 16.4. The van der Waals surface area contributed by atoms with Gasteiger partial charge in [0.05, 0.1) is 0 Å². The number of hydrogen-bond donors (Lipinski definition) is 2. The molecule has 1 unspecified atom stereocenters. The first-order valence-electron chi connectivity index (χ1n) is 6.87. The van der Waals surface area contributed by atoms with Crippen molar-refractivity contribution in [3.8, 4) is 0 Å². The number of nitrogens with zero attached hydrogens (tertiary/aromatic N) is 2.